The lowest BCUT2D eigenvalue weighted by molar-refractivity contribution is -0.121. The second-order valence-electron chi connectivity index (χ2n) is 10.0. The zero-order valence-corrected chi connectivity index (χ0v) is 21.9. The molecular weight excluding hydrogens is 472 g/mol. The molecule has 1 aliphatic heterocycles. The number of carbonyl (C=O) groups is 3. The summed E-state index contributed by atoms with van der Waals surface area (Å²) in [4.78, 5) is 39.5. The summed E-state index contributed by atoms with van der Waals surface area (Å²) in [5, 5.41) is 12.5. The van der Waals surface area contributed by atoms with Crippen molar-refractivity contribution in [1.82, 2.24) is 4.90 Å². The maximum Gasteiger partial charge on any atom is 0.335 e. The number of amides is 2. The maximum absolute atomic E-state index is 13.6. The number of hydrogen-bond donors (Lipinski definition) is 2. The number of nitrogens with zero attached hydrogens (tertiary/aromatic N) is 1. The standard InChI is InChI=1S/C25H31ClN2O5Si/c1-25(2,3)34(4,5)33-13-12-21-22(29)27-20-14-18(26)10-11-19(20)23(30)28(21)15-16-6-8-17(9-7-16)24(31)32/h6-11,14,21H,12-13,15H2,1-5H3,(H,27,29)(H,31,32). The van der Waals surface area contributed by atoms with Crippen LogP contribution >= 0.6 is 11.6 Å². The predicted octanol–water partition coefficient (Wildman–Crippen LogP) is 5.41. The van der Waals surface area contributed by atoms with Crippen LogP contribution < -0.4 is 5.32 Å². The van der Waals surface area contributed by atoms with E-state index >= 15 is 0 Å². The fourth-order valence-electron chi connectivity index (χ4n) is 3.52. The third-order valence-electron chi connectivity index (χ3n) is 6.62. The number of nitrogens with one attached hydrogen (secondary N) is 1. The molecule has 0 spiro atoms. The van der Waals surface area contributed by atoms with Crippen LogP contribution in [0.4, 0.5) is 5.69 Å². The number of benzene rings is 2. The van der Waals surface area contributed by atoms with Crippen LogP contribution in [0.3, 0.4) is 0 Å². The Hall–Kier alpha value is -2.68. The first kappa shape index (κ1) is 25.9. The number of carbonyl (C=O) groups excluding carboxylic acids is 2. The van der Waals surface area contributed by atoms with E-state index < -0.39 is 20.3 Å². The van der Waals surface area contributed by atoms with E-state index in [1.54, 1.807) is 30.3 Å². The molecule has 1 unspecified atom stereocenters. The molecule has 1 heterocycles. The monoisotopic (exact) mass is 502 g/mol. The van der Waals surface area contributed by atoms with Crippen LogP contribution in [0.2, 0.25) is 23.2 Å². The van der Waals surface area contributed by atoms with Gasteiger partial charge in [-0.15, -0.1) is 0 Å². The first-order valence-electron chi connectivity index (χ1n) is 11.2. The Morgan fingerprint density at radius 1 is 1.15 bits per heavy atom. The molecule has 9 heteroatoms. The van der Waals surface area contributed by atoms with Gasteiger partial charge < -0.3 is 19.7 Å². The third kappa shape index (κ3) is 5.68. The van der Waals surface area contributed by atoms with Crippen molar-refractivity contribution in [3.8, 4) is 0 Å². The molecule has 0 saturated heterocycles. The second kappa shape index (κ2) is 9.89. The molecule has 3 rings (SSSR count). The van der Waals surface area contributed by atoms with E-state index in [0.29, 0.717) is 29.3 Å². The van der Waals surface area contributed by atoms with Gasteiger partial charge in [0.15, 0.2) is 8.32 Å². The fourth-order valence-corrected chi connectivity index (χ4v) is 4.75. The van der Waals surface area contributed by atoms with Gasteiger partial charge in [-0.1, -0.05) is 44.5 Å². The van der Waals surface area contributed by atoms with Crippen LogP contribution in [-0.4, -0.2) is 48.8 Å². The zero-order chi connectivity index (χ0) is 25.3. The predicted molar refractivity (Wildman–Crippen MR) is 135 cm³/mol. The highest BCUT2D eigenvalue weighted by atomic mass is 35.5. The molecule has 0 radical (unpaired) electrons. The molecule has 2 amide bonds. The van der Waals surface area contributed by atoms with Crippen LogP contribution in [0.15, 0.2) is 42.5 Å². The molecule has 0 fully saturated rings. The van der Waals surface area contributed by atoms with Crippen molar-refractivity contribution in [1.29, 1.82) is 0 Å². The quantitative estimate of drug-likeness (QED) is 0.493. The average Bonchev–Trinajstić information content (AvgIpc) is 2.83. The van der Waals surface area contributed by atoms with Gasteiger partial charge in [-0.2, -0.15) is 0 Å². The van der Waals surface area contributed by atoms with Gasteiger partial charge in [-0.25, -0.2) is 4.79 Å². The summed E-state index contributed by atoms with van der Waals surface area (Å²) in [6.45, 7) is 11.2. The van der Waals surface area contributed by atoms with Gasteiger partial charge in [-0.3, -0.25) is 9.59 Å². The van der Waals surface area contributed by atoms with E-state index in [4.69, 9.17) is 21.1 Å². The number of carboxylic acid groups (broad SMARTS) is 1. The molecule has 1 aliphatic rings. The van der Waals surface area contributed by atoms with Crippen molar-refractivity contribution in [2.75, 3.05) is 11.9 Å². The van der Waals surface area contributed by atoms with Crippen molar-refractivity contribution in [3.63, 3.8) is 0 Å². The molecule has 0 aromatic heterocycles. The van der Waals surface area contributed by atoms with E-state index in [1.807, 2.05) is 0 Å². The summed E-state index contributed by atoms with van der Waals surface area (Å²) in [7, 11) is -2.03. The van der Waals surface area contributed by atoms with Gasteiger partial charge in [-0.05, 0) is 60.4 Å². The summed E-state index contributed by atoms with van der Waals surface area (Å²) in [6, 6.07) is 10.3. The Bertz CT molecular complexity index is 1100. The fraction of sp³-hybridized carbons (Fsp3) is 0.400. The SMILES string of the molecule is CC(C)(C)[Si](C)(C)OCCC1C(=O)Nc2cc(Cl)ccc2C(=O)N1Cc1ccc(C(=O)O)cc1. The Morgan fingerprint density at radius 2 is 1.79 bits per heavy atom. The summed E-state index contributed by atoms with van der Waals surface area (Å²) in [5.74, 6) is -1.64. The normalized spacial score (nSPS) is 16.6. The number of carboxylic acids is 1. The van der Waals surface area contributed by atoms with Gasteiger partial charge in [0.25, 0.3) is 5.91 Å². The molecule has 0 saturated carbocycles. The Morgan fingerprint density at radius 3 is 2.38 bits per heavy atom. The number of aromatic carboxylic acids is 1. The highest BCUT2D eigenvalue weighted by Gasteiger charge is 2.39. The second-order valence-corrected chi connectivity index (χ2v) is 15.3. The van der Waals surface area contributed by atoms with Gasteiger partial charge in [0, 0.05) is 18.2 Å². The van der Waals surface area contributed by atoms with Gasteiger partial charge in [0.1, 0.15) is 6.04 Å². The number of fused-ring (bicyclic) bond motifs is 1. The first-order chi connectivity index (χ1) is 15.8. The minimum Gasteiger partial charge on any atom is -0.478 e. The highest BCUT2D eigenvalue weighted by Crippen LogP contribution is 2.37. The van der Waals surface area contributed by atoms with Crippen LogP contribution in [0.5, 0.6) is 0 Å². The molecule has 2 N–H and O–H groups in total. The molecule has 7 nitrogen and oxygen atoms in total. The molecule has 0 bridgehead atoms. The van der Waals surface area contributed by atoms with Crippen molar-refractivity contribution in [2.45, 2.75) is 57.9 Å². The topological polar surface area (TPSA) is 95.9 Å². The molecule has 0 aliphatic carbocycles. The minimum atomic E-state index is -2.03. The highest BCUT2D eigenvalue weighted by molar-refractivity contribution is 6.74. The van der Waals surface area contributed by atoms with Gasteiger partial charge in [0.2, 0.25) is 5.91 Å². The summed E-state index contributed by atoms with van der Waals surface area (Å²) in [6.07, 6.45) is 0.332. The van der Waals surface area contributed by atoms with Crippen molar-refractivity contribution < 1.29 is 23.9 Å². The zero-order valence-electron chi connectivity index (χ0n) is 20.1. The smallest absolute Gasteiger partial charge is 0.335 e. The van der Waals surface area contributed by atoms with Crippen LogP contribution in [0.25, 0.3) is 0 Å². The van der Waals surface area contributed by atoms with E-state index in [1.165, 1.54) is 17.0 Å². The molecule has 182 valence electrons. The minimum absolute atomic E-state index is 0.0209. The summed E-state index contributed by atoms with van der Waals surface area (Å²) < 4.78 is 6.29. The number of hydrogen-bond acceptors (Lipinski definition) is 4. The maximum atomic E-state index is 13.6. The lowest BCUT2D eigenvalue weighted by Gasteiger charge is -2.37. The average molecular weight is 503 g/mol. The van der Waals surface area contributed by atoms with Crippen molar-refractivity contribution >= 4 is 43.4 Å². The molecule has 2 aromatic rings. The molecular formula is C25H31ClN2O5Si. The lowest BCUT2D eigenvalue weighted by Crippen LogP contribution is -2.47. The van der Waals surface area contributed by atoms with Crippen LogP contribution in [-0.2, 0) is 15.8 Å². The van der Waals surface area contributed by atoms with E-state index in [-0.39, 0.29) is 29.0 Å². The molecule has 2 aromatic carbocycles. The summed E-state index contributed by atoms with van der Waals surface area (Å²) >= 11 is 6.11. The number of anilines is 1. The van der Waals surface area contributed by atoms with Crippen LogP contribution in [0.1, 0.15) is 53.5 Å². The Balaban J connectivity index is 1.91. The van der Waals surface area contributed by atoms with Crippen molar-refractivity contribution in [2.24, 2.45) is 0 Å². The van der Waals surface area contributed by atoms with Gasteiger partial charge in [0.05, 0.1) is 16.8 Å². The third-order valence-corrected chi connectivity index (χ3v) is 11.4. The van der Waals surface area contributed by atoms with E-state index in [2.05, 4.69) is 39.2 Å². The van der Waals surface area contributed by atoms with E-state index in [9.17, 15) is 14.4 Å². The van der Waals surface area contributed by atoms with E-state index in [0.717, 1.165) is 5.56 Å². The summed E-state index contributed by atoms with van der Waals surface area (Å²) in [5.41, 5.74) is 1.61. The Kier molecular flexibility index (Phi) is 7.55. The largest absolute Gasteiger partial charge is 0.478 e. The Labute approximate surface area is 206 Å². The van der Waals surface area contributed by atoms with Crippen LogP contribution in [0, 0.1) is 0 Å². The molecule has 34 heavy (non-hydrogen) atoms. The lowest BCUT2D eigenvalue weighted by atomic mass is 10.1. The first-order valence-corrected chi connectivity index (χ1v) is 14.5. The number of halogens is 1. The van der Waals surface area contributed by atoms with Crippen molar-refractivity contribution in [3.05, 3.63) is 64.2 Å². The number of rotatable bonds is 7. The van der Waals surface area contributed by atoms with Gasteiger partial charge >= 0.3 is 5.97 Å². The molecule has 1 atom stereocenters.